The highest BCUT2D eigenvalue weighted by Crippen LogP contribution is 2.25. The van der Waals surface area contributed by atoms with Gasteiger partial charge in [-0.3, -0.25) is 0 Å². The topological polar surface area (TPSA) is 17.1 Å². The lowest BCUT2D eigenvalue weighted by Gasteiger charge is -2.08. The Morgan fingerprint density at radius 2 is 2.27 bits per heavy atom. The Morgan fingerprint density at radius 1 is 1.55 bits per heavy atom. The van der Waals surface area contributed by atoms with Gasteiger partial charge in [0.2, 0.25) is 0 Å². The van der Waals surface area contributed by atoms with Gasteiger partial charge in [0.05, 0.1) is 0 Å². The van der Waals surface area contributed by atoms with Gasteiger partial charge in [-0.05, 0) is 20.3 Å². The quantitative estimate of drug-likeness (QED) is 0.436. The van der Waals surface area contributed by atoms with Crippen molar-refractivity contribution in [2.45, 2.75) is 20.3 Å². The Bertz CT molecular complexity index is 197. The first-order valence-corrected chi connectivity index (χ1v) is 4.01. The number of hydrogen-bond acceptors (Lipinski definition) is 1. The van der Waals surface area contributed by atoms with Crippen molar-refractivity contribution >= 4 is 6.29 Å². The predicted molar refractivity (Wildman–Crippen MR) is 46.2 cm³/mol. The van der Waals surface area contributed by atoms with E-state index in [9.17, 15) is 4.79 Å². The van der Waals surface area contributed by atoms with Crippen molar-refractivity contribution in [1.29, 1.82) is 0 Å². The van der Waals surface area contributed by atoms with Crippen LogP contribution in [0.2, 0.25) is 0 Å². The molecule has 0 amide bonds. The SMILES string of the molecule is CC(C)=CC1C=CCC1C=O. The molecule has 2 unspecified atom stereocenters. The van der Waals surface area contributed by atoms with Crippen molar-refractivity contribution in [2.75, 3.05) is 0 Å². The summed E-state index contributed by atoms with van der Waals surface area (Å²) < 4.78 is 0. The molecule has 0 spiro atoms. The molecule has 0 aliphatic heterocycles. The summed E-state index contributed by atoms with van der Waals surface area (Å²) in [6.07, 6.45) is 8.33. The van der Waals surface area contributed by atoms with E-state index in [-0.39, 0.29) is 5.92 Å². The molecule has 0 N–H and O–H groups in total. The fourth-order valence-electron chi connectivity index (χ4n) is 1.40. The first kappa shape index (κ1) is 8.25. The van der Waals surface area contributed by atoms with Crippen LogP contribution in [-0.4, -0.2) is 6.29 Å². The van der Waals surface area contributed by atoms with Gasteiger partial charge < -0.3 is 4.79 Å². The second-order valence-corrected chi connectivity index (χ2v) is 3.29. The Morgan fingerprint density at radius 3 is 2.82 bits per heavy atom. The van der Waals surface area contributed by atoms with Gasteiger partial charge in [0.1, 0.15) is 6.29 Å². The Hall–Kier alpha value is -0.850. The number of rotatable bonds is 2. The second-order valence-electron chi connectivity index (χ2n) is 3.29. The fourth-order valence-corrected chi connectivity index (χ4v) is 1.40. The molecule has 0 aromatic carbocycles. The van der Waals surface area contributed by atoms with Gasteiger partial charge in [0.15, 0.2) is 0 Å². The van der Waals surface area contributed by atoms with E-state index in [0.717, 1.165) is 12.7 Å². The average Bonchev–Trinajstić information content (AvgIpc) is 2.34. The zero-order valence-corrected chi connectivity index (χ0v) is 7.08. The Balaban J connectivity index is 2.63. The van der Waals surface area contributed by atoms with Gasteiger partial charge >= 0.3 is 0 Å². The first-order valence-electron chi connectivity index (χ1n) is 4.01. The van der Waals surface area contributed by atoms with Crippen LogP contribution in [0, 0.1) is 11.8 Å². The molecule has 1 aliphatic carbocycles. The van der Waals surface area contributed by atoms with Crippen LogP contribution in [-0.2, 0) is 4.79 Å². The van der Waals surface area contributed by atoms with Crippen molar-refractivity contribution in [3.63, 3.8) is 0 Å². The molecule has 1 nitrogen and oxygen atoms in total. The zero-order chi connectivity index (χ0) is 8.27. The van der Waals surface area contributed by atoms with E-state index in [1.807, 2.05) is 0 Å². The third kappa shape index (κ3) is 2.04. The van der Waals surface area contributed by atoms with Crippen LogP contribution in [0.15, 0.2) is 23.8 Å². The summed E-state index contributed by atoms with van der Waals surface area (Å²) in [6.45, 7) is 4.13. The van der Waals surface area contributed by atoms with Crippen LogP contribution in [0.3, 0.4) is 0 Å². The van der Waals surface area contributed by atoms with Crippen molar-refractivity contribution < 1.29 is 4.79 Å². The van der Waals surface area contributed by atoms with E-state index in [4.69, 9.17) is 0 Å². The van der Waals surface area contributed by atoms with E-state index in [2.05, 4.69) is 32.1 Å². The molecule has 60 valence electrons. The molecule has 1 rings (SSSR count). The molecule has 2 atom stereocenters. The molecule has 0 saturated carbocycles. The van der Waals surface area contributed by atoms with Gasteiger partial charge in [-0.15, -0.1) is 0 Å². The Labute approximate surface area is 67.8 Å². The molecule has 0 radical (unpaired) electrons. The van der Waals surface area contributed by atoms with E-state index in [1.54, 1.807) is 0 Å². The largest absolute Gasteiger partial charge is 0.303 e. The number of aldehydes is 1. The number of hydrogen-bond donors (Lipinski definition) is 0. The molecule has 0 aromatic rings. The van der Waals surface area contributed by atoms with Crippen molar-refractivity contribution in [1.82, 2.24) is 0 Å². The van der Waals surface area contributed by atoms with Gasteiger partial charge in [0, 0.05) is 11.8 Å². The standard InChI is InChI=1S/C10H14O/c1-8(2)6-9-4-3-5-10(9)7-11/h3-4,6-7,9-10H,5H2,1-2H3. The highest BCUT2D eigenvalue weighted by molar-refractivity contribution is 5.57. The van der Waals surface area contributed by atoms with Crippen LogP contribution in [0.1, 0.15) is 20.3 Å². The monoisotopic (exact) mass is 150 g/mol. The van der Waals surface area contributed by atoms with Crippen LogP contribution < -0.4 is 0 Å². The minimum atomic E-state index is 0.199. The molecule has 0 heterocycles. The highest BCUT2D eigenvalue weighted by Gasteiger charge is 2.19. The maximum absolute atomic E-state index is 10.5. The summed E-state index contributed by atoms with van der Waals surface area (Å²) in [5.74, 6) is 0.558. The van der Waals surface area contributed by atoms with E-state index in [0.29, 0.717) is 5.92 Å². The van der Waals surface area contributed by atoms with Gasteiger partial charge in [-0.25, -0.2) is 0 Å². The first-order chi connectivity index (χ1) is 5.24. The molecule has 1 heteroatoms. The van der Waals surface area contributed by atoms with Crippen molar-refractivity contribution in [3.05, 3.63) is 23.8 Å². The van der Waals surface area contributed by atoms with Crippen LogP contribution in [0.25, 0.3) is 0 Å². The molecule has 0 aromatic heterocycles. The number of carbonyl (C=O) groups excluding carboxylic acids is 1. The van der Waals surface area contributed by atoms with Crippen LogP contribution >= 0.6 is 0 Å². The lowest BCUT2D eigenvalue weighted by Crippen LogP contribution is -2.06. The summed E-state index contributed by atoms with van der Waals surface area (Å²) >= 11 is 0. The molecular weight excluding hydrogens is 136 g/mol. The van der Waals surface area contributed by atoms with Crippen LogP contribution in [0.5, 0.6) is 0 Å². The minimum absolute atomic E-state index is 0.199. The summed E-state index contributed by atoms with van der Waals surface area (Å²) in [5, 5.41) is 0. The summed E-state index contributed by atoms with van der Waals surface area (Å²) in [6, 6.07) is 0. The molecule has 0 bridgehead atoms. The lowest BCUT2D eigenvalue weighted by atomic mass is 9.95. The highest BCUT2D eigenvalue weighted by atomic mass is 16.1. The third-order valence-corrected chi connectivity index (χ3v) is 1.96. The minimum Gasteiger partial charge on any atom is -0.303 e. The van der Waals surface area contributed by atoms with E-state index in [1.165, 1.54) is 5.57 Å². The van der Waals surface area contributed by atoms with Gasteiger partial charge in [0.25, 0.3) is 0 Å². The smallest absolute Gasteiger partial charge is 0.124 e. The predicted octanol–water partition coefficient (Wildman–Crippen LogP) is 2.34. The van der Waals surface area contributed by atoms with Crippen LogP contribution in [0.4, 0.5) is 0 Å². The van der Waals surface area contributed by atoms with Crippen molar-refractivity contribution in [2.24, 2.45) is 11.8 Å². The fraction of sp³-hybridized carbons (Fsp3) is 0.500. The third-order valence-electron chi connectivity index (χ3n) is 1.96. The maximum Gasteiger partial charge on any atom is 0.124 e. The summed E-state index contributed by atoms with van der Waals surface area (Å²) in [4.78, 5) is 10.5. The average molecular weight is 150 g/mol. The van der Waals surface area contributed by atoms with Gasteiger partial charge in [-0.1, -0.05) is 23.8 Å². The zero-order valence-electron chi connectivity index (χ0n) is 7.08. The van der Waals surface area contributed by atoms with E-state index < -0.39 is 0 Å². The summed E-state index contributed by atoms with van der Waals surface area (Å²) in [5.41, 5.74) is 1.29. The molecular formula is C10H14O. The molecule has 0 saturated heterocycles. The van der Waals surface area contributed by atoms with Crippen molar-refractivity contribution in [3.8, 4) is 0 Å². The summed E-state index contributed by atoms with van der Waals surface area (Å²) in [7, 11) is 0. The normalized spacial score (nSPS) is 28.5. The Kier molecular flexibility index (Phi) is 2.64. The second kappa shape index (κ2) is 3.51. The molecule has 1 aliphatic rings. The lowest BCUT2D eigenvalue weighted by molar-refractivity contribution is -0.111. The van der Waals surface area contributed by atoms with Gasteiger partial charge in [-0.2, -0.15) is 0 Å². The number of allylic oxidation sites excluding steroid dienone is 4. The molecule has 11 heavy (non-hydrogen) atoms. The number of carbonyl (C=O) groups is 1. The van der Waals surface area contributed by atoms with E-state index >= 15 is 0 Å². The maximum atomic E-state index is 10.5. The molecule has 0 fully saturated rings.